The van der Waals surface area contributed by atoms with Crippen LogP contribution in [0, 0.1) is 5.41 Å². The molecule has 0 N–H and O–H groups in total. The Hall–Kier alpha value is 0.190. The molecular formula is C17H36N2O2S. The molecule has 1 rings (SSSR count). The van der Waals surface area contributed by atoms with Gasteiger partial charge in [0.15, 0.2) is 0 Å². The maximum absolute atomic E-state index is 5.95. The molecule has 0 spiro atoms. The highest BCUT2D eigenvalue weighted by Gasteiger charge is 2.38. The Balaban J connectivity index is 2.13. The minimum atomic E-state index is 0.275. The summed E-state index contributed by atoms with van der Waals surface area (Å²) in [5.74, 6) is 2.37. The molecule has 0 saturated carbocycles. The van der Waals surface area contributed by atoms with Crippen molar-refractivity contribution in [3.05, 3.63) is 0 Å². The van der Waals surface area contributed by atoms with Gasteiger partial charge in [0, 0.05) is 30.0 Å². The second-order valence-corrected chi connectivity index (χ2v) is 7.14. The zero-order chi connectivity index (χ0) is 16.3. The molecule has 0 aromatic rings. The normalized spacial score (nSPS) is 17.2. The summed E-state index contributed by atoms with van der Waals surface area (Å²) in [7, 11) is 0. The van der Waals surface area contributed by atoms with Crippen LogP contribution < -0.4 is 0 Å². The monoisotopic (exact) mass is 332 g/mol. The Labute approximate surface area is 141 Å². The summed E-state index contributed by atoms with van der Waals surface area (Å²) in [6.07, 6.45) is 0. The van der Waals surface area contributed by atoms with Gasteiger partial charge >= 0.3 is 0 Å². The molecule has 5 heteroatoms. The predicted octanol–water partition coefficient (Wildman–Crippen LogP) is 2.44. The van der Waals surface area contributed by atoms with Crippen LogP contribution >= 0.6 is 11.8 Å². The Morgan fingerprint density at radius 1 is 0.773 bits per heavy atom. The van der Waals surface area contributed by atoms with Crippen molar-refractivity contribution in [3.63, 3.8) is 0 Å². The fourth-order valence-electron chi connectivity index (χ4n) is 2.64. The van der Waals surface area contributed by atoms with Gasteiger partial charge in [-0.1, -0.05) is 27.7 Å². The minimum absolute atomic E-state index is 0.275. The number of nitrogens with zero attached hydrogens (tertiary/aromatic N) is 2. The van der Waals surface area contributed by atoms with Gasteiger partial charge in [-0.25, -0.2) is 0 Å². The van der Waals surface area contributed by atoms with Crippen LogP contribution in [0.2, 0.25) is 0 Å². The maximum atomic E-state index is 5.95. The highest BCUT2D eigenvalue weighted by molar-refractivity contribution is 8.00. The van der Waals surface area contributed by atoms with E-state index in [0.29, 0.717) is 0 Å². The number of hydrogen-bond donors (Lipinski definition) is 0. The van der Waals surface area contributed by atoms with Crippen LogP contribution in [0.25, 0.3) is 0 Å². The molecule has 1 fully saturated rings. The van der Waals surface area contributed by atoms with E-state index in [1.54, 1.807) is 0 Å². The lowest BCUT2D eigenvalue weighted by Crippen LogP contribution is -2.45. The topological polar surface area (TPSA) is 24.9 Å². The smallest absolute Gasteiger partial charge is 0.0593 e. The van der Waals surface area contributed by atoms with Crippen LogP contribution in [-0.2, 0) is 9.47 Å². The minimum Gasteiger partial charge on any atom is -0.379 e. The van der Waals surface area contributed by atoms with E-state index in [9.17, 15) is 0 Å². The third-order valence-electron chi connectivity index (χ3n) is 4.53. The number of rotatable bonds is 14. The predicted molar refractivity (Wildman–Crippen MR) is 97.0 cm³/mol. The van der Waals surface area contributed by atoms with Crippen LogP contribution in [0.4, 0.5) is 0 Å². The van der Waals surface area contributed by atoms with Gasteiger partial charge in [0.05, 0.1) is 26.4 Å². The molecule has 22 heavy (non-hydrogen) atoms. The van der Waals surface area contributed by atoms with Gasteiger partial charge in [-0.05, 0) is 26.2 Å². The molecule has 0 aromatic heterocycles. The molecule has 4 nitrogen and oxygen atoms in total. The Morgan fingerprint density at radius 3 is 1.45 bits per heavy atom. The summed E-state index contributed by atoms with van der Waals surface area (Å²) >= 11 is 2.01. The van der Waals surface area contributed by atoms with Crippen molar-refractivity contribution < 1.29 is 9.47 Å². The van der Waals surface area contributed by atoms with E-state index in [-0.39, 0.29) is 5.41 Å². The average Bonchev–Trinajstić information content (AvgIpc) is 2.51. The molecule has 0 unspecified atom stereocenters. The van der Waals surface area contributed by atoms with E-state index < -0.39 is 0 Å². The first-order valence-electron chi connectivity index (χ1n) is 8.87. The average molecular weight is 333 g/mol. The van der Waals surface area contributed by atoms with E-state index in [0.717, 1.165) is 65.7 Å². The first kappa shape index (κ1) is 20.2. The van der Waals surface area contributed by atoms with Crippen molar-refractivity contribution in [1.82, 2.24) is 9.80 Å². The molecule has 1 saturated heterocycles. The summed E-state index contributed by atoms with van der Waals surface area (Å²) in [4.78, 5) is 4.81. The number of likely N-dealkylation sites (N-methyl/N-ethyl adjacent to an activating group) is 2. The van der Waals surface area contributed by atoms with Gasteiger partial charge in [-0.2, -0.15) is 11.8 Å². The third kappa shape index (κ3) is 7.18. The Bertz CT molecular complexity index is 245. The first-order valence-corrected chi connectivity index (χ1v) is 10.0. The Kier molecular flexibility index (Phi) is 10.7. The molecule has 0 amide bonds. The molecular weight excluding hydrogens is 296 g/mol. The van der Waals surface area contributed by atoms with E-state index in [1.807, 2.05) is 11.8 Å². The molecule has 0 aliphatic carbocycles. The van der Waals surface area contributed by atoms with Crippen LogP contribution in [0.15, 0.2) is 0 Å². The van der Waals surface area contributed by atoms with Gasteiger partial charge in [-0.3, -0.25) is 0 Å². The molecule has 132 valence electrons. The SMILES string of the molecule is CCN(CC)CCOCC1(COCCN(CC)CC)CSC1. The van der Waals surface area contributed by atoms with Crippen molar-refractivity contribution in [3.8, 4) is 0 Å². The zero-order valence-corrected chi connectivity index (χ0v) is 15.9. The van der Waals surface area contributed by atoms with Crippen LogP contribution in [0.1, 0.15) is 27.7 Å². The second kappa shape index (κ2) is 11.7. The summed E-state index contributed by atoms with van der Waals surface area (Å²) in [5, 5.41) is 0. The lowest BCUT2D eigenvalue weighted by molar-refractivity contribution is -0.0123. The van der Waals surface area contributed by atoms with E-state index >= 15 is 0 Å². The standard InChI is InChI=1S/C17H36N2O2S/c1-5-18(6-2)9-11-20-13-17(15-22-16-17)14-21-12-10-19(7-3)8-4/h5-16H2,1-4H3. The van der Waals surface area contributed by atoms with Gasteiger partial charge in [0.1, 0.15) is 0 Å². The van der Waals surface area contributed by atoms with Gasteiger partial charge < -0.3 is 19.3 Å². The van der Waals surface area contributed by atoms with Crippen molar-refractivity contribution in [2.45, 2.75) is 27.7 Å². The van der Waals surface area contributed by atoms with Crippen LogP contribution in [-0.4, -0.2) is 87.0 Å². The molecule has 0 atom stereocenters. The summed E-state index contributed by atoms with van der Waals surface area (Å²) in [6, 6.07) is 0. The second-order valence-electron chi connectivity index (χ2n) is 6.15. The fourth-order valence-corrected chi connectivity index (χ4v) is 3.76. The van der Waals surface area contributed by atoms with Gasteiger partial charge in [0.25, 0.3) is 0 Å². The summed E-state index contributed by atoms with van der Waals surface area (Å²) < 4.78 is 11.9. The quantitative estimate of drug-likeness (QED) is 0.455. The lowest BCUT2D eigenvalue weighted by Gasteiger charge is -2.40. The van der Waals surface area contributed by atoms with Crippen molar-refractivity contribution in [1.29, 1.82) is 0 Å². The molecule has 0 aromatic carbocycles. The number of thioether (sulfide) groups is 1. The number of hydrogen-bond acceptors (Lipinski definition) is 5. The van der Waals surface area contributed by atoms with Crippen LogP contribution in [0.3, 0.4) is 0 Å². The molecule has 0 radical (unpaired) electrons. The molecule has 0 bridgehead atoms. The third-order valence-corrected chi connectivity index (χ3v) is 6.16. The summed E-state index contributed by atoms with van der Waals surface area (Å²) in [6.45, 7) is 18.7. The largest absolute Gasteiger partial charge is 0.379 e. The lowest BCUT2D eigenvalue weighted by atomic mass is 9.94. The van der Waals surface area contributed by atoms with Gasteiger partial charge in [-0.15, -0.1) is 0 Å². The van der Waals surface area contributed by atoms with Crippen LogP contribution in [0.5, 0.6) is 0 Å². The fraction of sp³-hybridized carbons (Fsp3) is 1.00. The van der Waals surface area contributed by atoms with Crippen molar-refractivity contribution in [2.75, 3.05) is 77.2 Å². The molecule has 1 aliphatic heterocycles. The van der Waals surface area contributed by atoms with Crippen molar-refractivity contribution >= 4 is 11.8 Å². The molecule has 1 aliphatic rings. The van der Waals surface area contributed by atoms with Gasteiger partial charge in [0.2, 0.25) is 0 Å². The Morgan fingerprint density at radius 2 is 1.18 bits per heavy atom. The summed E-state index contributed by atoms with van der Waals surface area (Å²) in [5.41, 5.74) is 0.275. The zero-order valence-electron chi connectivity index (χ0n) is 15.1. The van der Waals surface area contributed by atoms with E-state index in [1.165, 1.54) is 11.5 Å². The highest BCUT2D eigenvalue weighted by atomic mass is 32.2. The molecule has 1 heterocycles. The first-order chi connectivity index (χ1) is 10.7. The van der Waals surface area contributed by atoms with E-state index in [2.05, 4.69) is 37.5 Å². The van der Waals surface area contributed by atoms with E-state index in [4.69, 9.17) is 9.47 Å². The number of ether oxygens (including phenoxy) is 2. The highest BCUT2D eigenvalue weighted by Crippen LogP contribution is 2.38. The maximum Gasteiger partial charge on any atom is 0.0593 e. The van der Waals surface area contributed by atoms with Crippen molar-refractivity contribution in [2.24, 2.45) is 5.41 Å².